The molecule has 0 amide bonds. The molecule has 0 radical (unpaired) electrons. The van der Waals surface area contributed by atoms with Crippen LogP contribution in [0.1, 0.15) is 32.6 Å². The molecular formula is C18H25N. The molecule has 0 aromatic rings. The first-order valence-electron chi connectivity index (χ1n) is 7.80. The summed E-state index contributed by atoms with van der Waals surface area (Å²) in [5.74, 6) is 1.38. The summed E-state index contributed by atoms with van der Waals surface area (Å²) in [6.45, 7) is 4.99. The lowest BCUT2D eigenvalue weighted by Gasteiger charge is -2.31. The van der Waals surface area contributed by atoms with Crippen molar-refractivity contribution >= 4 is 0 Å². The third kappa shape index (κ3) is 2.92. The van der Waals surface area contributed by atoms with Crippen LogP contribution >= 0.6 is 0 Å². The van der Waals surface area contributed by atoms with Gasteiger partial charge in [-0.05, 0) is 56.2 Å². The van der Waals surface area contributed by atoms with Crippen molar-refractivity contribution in [1.82, 2.24) is 4.90 Å². The molecule has 1 fully saturated rings. The van der Waals surface area contributed by atoms with Crippen molar-refractivity contribution in [2.75, 3.05) is 13.1 Å². The quantitative estimate of drug-likeness (QED) is 0.714. The fraction of sp³-hybridized carbons (Fsp3) is 0.556. The Morgan fingerprint density at radius 3 is 2.58 bits per heavy atom. The first kappa shape index (κ1) is 12.9. The van der Waals surface area contributed by atoms with Crippen LogP contribution in [0.5, 0.6) is 0 Å². The van der Waals surface area contributed by atoms with E-state index in [1.807, 2.05) is 0 Å². The second-order valence-electron chi connectivity index (χ2n) is 6.16. The minimum atomic E-state index is 0.649. The van der Waals surface area contributed by atoms with Crippen molar-refractivity contribution < 1.29 is 0 Å². The Morgan fingerprint density at radius 1 is 1.21 bits per heavy atom. The summed E-state index contributed by atoms with van der Waals surface area (Å²) >= 11 is 0. The predicted octanol–water partition coefficient (Wildman–Crippen LogP) is 4.11. The number of allylic oxidation sites excluding steroid dienone is 6. The summed E-state index contributed by atoms with van der Waals surface area (Å²) in [7, 11) is 0. The molecule has 3 aliphatic rings. The summed E-state index contributed by atoms with van der Waals surface area (Å²) in [6.07, 6.45) is 21.4. The molecule has 1 heteroatoms. The highest BCUT2D eigenvalue weighted by atomic mass is 15.2. The molecule has 0 spiro atoms. The van der Waals surface area contributed by atoms with Gasteiger partial charge >= 0.3 is 0 Å². The van der Waals surface area contributed by atoms with Gasteiger partial charge in [0.25, 0.3) is 0 Å². The highest BCUT2D eigenvalue weighted by Gasteiger charge is 2.28. The number of hydrogen-bond donors (Lipinski definition) is 0. The molecule has 1 saturated heterocycles. The Balaban J connectivity index is 1.69. The van der Waals surface area contributed by atoms with Gasteiger partial charge in [-0.3, -0.25) is 4.90 Å². The Labute approximate surface area is 117 Å². The second-order valence-corrected chi connectivity index (χ2v) is 6.16. The Bertz CT molecular complexity index is 409. The standard InChI is InChI=1S/C18H25N/c1-15(16-8-2-3-9-16)14-18(17-10-4-5-11-17)19-12-6-7-13-19/h2-4,8-11,15-16,18H,5-7,12-14H2,1H3. The molecule has 0 aromatic heterocycles. The molecule has 0 saturated carbocycles. The molecule has 0 N–H and O–H groups in total. The van der Waals surface area contributed by atoms with Crippen LogP contribution < -0.4 is 0 Å². The van der Waals surface area contributed by atoms with E-state index in [2.05, 4.69) is 54.4 Å². The van der Waals surface area contributed by atoms with E-state index in [1.54, 1.807) is 5.57 Å². The fourth-order valence-electron chi connectivity index (χ4n) is 3.61. The number of hydrogen-bond acceptors (Lipinski definition) is 1. The van der Waals surface area contributed by atoms with E-state index in [4.69, 9.17) is 0 Å². The van der Waals surface area contributed by atoms with Crippen LogP contribution in [0.15, 0.2) is 48.1 Å². The summed E-state index contributed by atoms with van der Waals surface area (Å²) in [5.41, 5.74) is 1.57. The van der Waals surface area contributed by atoms with Crippen molar-refractivity contribution in [3.8, 4) is 0 Å². The summed E-state index contributed by atoms with van der Waals surface area (Å²) in [6, 6.07) is 0.652. The van der Waals surface area contributed by atoms with E-state index in [1.165, 1.54) is 32.4 Å². The van der Waals surface area contributed by atoms with Crippen molar-refractivity contribution in [1.29, 1.82) is 0 Å². The molecule has 19 heavy (non-hydrogen) atoms. The van der Waals surface area contributed by atoms with Gasteiger partial charge in [0, 0.05) is 6.04 Å². The van der Waals surface area contributed by atoms with E-state index in [0.29, 0.717) is 12.0 Å². The zero-order valence-electron chi connectivity index (χ0n) is 12.0. The summed E-state index contributed by atoms with van der Waals surface area (Å²) < 4.78 is 0. The third-order valence-electron chi connectivity index (χ3n) is 4.80. The molecule has 3 rings (SSSR count). The molecule has 2 aliphatic carbocycles. The monoisotopic (exact) mass is 255 g/mol. The van der Waals surface area contributed by atoms with E-state index in [0.717, 1.165) is 12.3 Å². The summed E-state index contributed by atoms with van der Waals surface area (Å²) in [4.78, 5) is 2.71. The fourth-order valence-corrected chi connectivity index (χ4v) is 3.61. The third-order valence-corrected chi connectivity index (χ3v) is 4.80. The van der Waals surface area contributed by atoms with Gasteiger partial charge < -0.3 is 0 Å². The lowest BCUT2D eigenvalue weighted by molar-refractivity contribution is 0.233. The first-order valence-corrected chi connectivity index (χ1v) is 7.80. The summed E-state index contributed by atoms with van der Waals surface area (Å²) in [5, 5.41) is 0. The number of likely N-dealkylation sites (tertiary alicyclic amines) is 1. The predicted molar refractivity (Wildman–Crippen MR) is 82.0 cm³/mol. The molecule has 1 heterocycles. The van der Waals surface area contributed by atoms with Crippen LogP contribution in [0.3, 0.4) is 0 Å². The minimum Gasteiger partial charge on any atom is -0.296 e. The topological polar surface area (TPSA) is 3.24 Å². The van der Waals surface area contributed by atoms with Crippen LogP contribution in [0.25, 0.3) is 0 Å². The smallest absolute Gasteiger partial charge is 0.0347 e. The molecule has 2 atom stereocenters. The van der Waals surface area contributed by atoms with Gasteiger partial charge in [0.1, 0.15) is 0 Å². The second kappa shape index (κ2) is 5.92. The number of rotatable bonds is 5. The maximum absolute atomic E-state index is 2.71. The number of nitrogens with zero attached hydrogens (tertiary/aromatic N) is 1. The first-order chi connectivity index (χ1) is 9.34. The van der Waals surface area contributed by atoms with Crippen LogP contribution in [0.2, 0.25) is 0 Å². The Kier molecular flexibility index (Phi) is 4.03. The van der Waals surface area contributed by atoms with Gasteiger partial charge in [-0.2, -0.15) is 0 Å². The maximum atomic E-state index is 2.71. The van der Waals surface area contributed by atoms with Gasteiger partial charge in [0.2, 0.25) is 0 Å². The van der Waals surface area contributed by atoms with E-state index < -0.39 is 0 Å². The molecule has 1 nitrogen and oxygen atoms in total. The van der Waals surface area contributed by atoms with Crippen LogP contribution in [-0.4, -0.2) is 24.0 Å². The van der Waals surface area contributed by atoms with Crippen molar-refractivity contribution in [2.24, 2.45) is 11.8 Å². The van der Waals surface area contributed by atoms with Gasteiger partial charge in [-0.1, -0.05) is 49.5 Å². The zero-order chi connectivity index (χ0) is 13.1. The van der Waals surface area contributed by atoms with Crippen LogP contribution in [0.4, 0.5) is 0 Å². The van der Waals surface area contributed by atoms with Crippen molar-refractivity contribution in [3.05, 3.63) is 48.1 Å². The highest BCUT2D eigenvalue weighted by molar-refractivity contribution is 5.31. The molecule has 0 aromatic carbocycles. The van der Waals surface area contributed by atoms with Crippen molar-refractivity contribution in [2.45, 2.75) is 38.6 Å². The van der Waals surface area contributed by atoms with Gasteiger partial charge in [-0.25, -0.2) is 0 Å². The van der Waals surface area contributed by atoms with Crippen LogP contribution in [0, 0.1) is 11.8 Å². The molecule has 0 bridgehead atoms. The SMILES string of the molecule is CC(CC(C1=CCC=C1)N1CCCC1)C1C=CC=C1. The molecule has 2 unspecified atom stereocenters. The lowest BCUT2D eigenvalue weighted by Crippen LogP contribution is -2.35. The Hall–Kier alpha value is -1.08. The van der Waals surface area contributed by atoms with Crippen molar-refractivity contribution in [3.63, 3.8) is 0 Å². The average Bonchev–Trinajstić information content (AvgIpc) is 3.17. The van der Waals surface area contributed by atoms with E-state index in [9.17, 15) is 0 Å². The maximum Gasteiger partial charge on any atom is 0.0347 e. The van der Waals surface area contributed by atoms with Crippen LogP contribution in [-0.2, 0) is 0 Å². The van der Waals surface area contributed by atoms with E-state index >= 15 is 0 Å². The average molecular weight is 255 g/mol. The lowest BCUT2D eigenvalue weighted by atomic mass is 9.86. The zero-order valence-corrected chi connectivity index (χ0v) is 12.0. The molecule has 1 aliphatic heterocycles. The van der Waals surface area contributed by atoms with Gasteiger partial charge in [0.15, 0.2) is 0 Å². The normalized spacial score (nSPS) is 26.3. The highest BCUT2D eigenvalue weighted by Crippen LogP contribution is 2.31. The van der Waals surface area contributed by atoms with Gasteiger partial charge in [0.05, 0.1) is 0 Å². The van der Waals surface area contributed by atoms with E-state index in [-0.39, 0.29) is 0 Å². The Morgan fingerprint density at radius 2 is 1.95 bits per heavy atom. The van der Waals surface area contributed by atoms with Gasteiger partial charge in [-0.15, -0.1) is 0 Å². The largest absolute Gasteiger partial charge is 0.296 e. The molecular weight excluding hydrogens is 230 g/mol. The molecule has 102 valence electrons. The minimum absolute atomic E-state index is 0.649.